The fourth-order valence-corrected chi connectivity index (χ4v) is 3.26. The predicted molar refractivity (Wildman–Crippen MR) is 79.8 cm³/mol. The lowest BCUT2D eigenvalue weighted by molar-refractivity contribution is 0.0943. The third-order valence-corrected chi connectivity index (χ3v) is 4.15. The molecular formula is C16H22ClNO. The summed E-state index contributed by atoms with van der Waals surface area (Å²) >= 11 is 6.17. The Morgan fingerprint density at radius 1 is 1.26 bits per heavy atom. The van der Waals surface area contributed by atoms with E-state index >= 15 is 0 Å². The Morgan fingerprint density at radius 2 is 1.95 bits per heavy atom. The second-order valence-corrected chi connectivity index (χ2v) is 6.33. The topological polar surface area (TPSA) is 29.1 Å². The van der Waals surface area contributed by atoms with E-state index in [1.165, 1.54) is 12.8 Å². The molecule has 1 aromatic rings. The average Bonchev–Trinajstić information content (AvgIpc) is 2.35. The molecule has 19 heavy (non-hydrogen) atoms. The summed E-state index contributed by atoms with van der Waals surface area (Å²) in [5.41, 5.74) is 3.02. The van der Waals surface area contributed by atoms with Gasteiger partial charge in [-0.1, -0.05) is 23.6 Å². The molecule has 2 unspecified atom stereocenters. The summed E-state index contributed by atoms with van der Waals surface area (Å²) in [5, 5.41) is 3.33. The predicted octanol–water partition coefficient (Wildman–Crippen LogP) is 3.83. The summed E-state index contributed by atoms with van der Waals surface area (Å²) in [5.74, 6) is 0.564. The molecular weight excluding hydrogens is 258 g/mol. The molecule has 1 aliphatic rings. The van der Waals surface area contributed by atoms with Crippen LogP contribution in [0, 0.1) is 19.8 Å². The number of alkyl halides is 1. The van der Waals surface area contributed by atoms with Crippen molar-refractivity contribution in [3.63, 3.8) is 0 Å². The molecule has 1 amide bonds. The van der Waals surface area contributed by atoms with Crippen LogP contribution in [0.4, 0.5) is 0 Å². The standard InChI is InChI=1S/C16H22ClNO/c1-11-6-12(2)8-14(7-11)16(19)18-10-13-4-3-5-15(17)9-13/h6-8,13,15H,3-5,9-10H2,1-2H3,(H,18,19). The molecule has 0 heterocycles. The Balaban J connectivity index is 1.90. The summed E-state index contributed by atoms with van der Waals surface area (Å²) in [7, 11) is 0. The van der Waals surface area contributed by atoms with Gasteiger partial charge in [0.1, 0.15) is 0 Å². The minimum absolute atomic E-state index is 0.0310. The number of amides is 1. The Kier molecular flexibility index (Phi) is 4.87. The van der Waals surface area contributed by atoms with Crippen LogP contribution in [0.3, 0.4) is 0 Å². The maximum atomic E-state index is 12.1. The van der Waals surface area contributed by atoms with Gasteiger partial charge in [-0.05, 0) is 51.2 Å². The van der Waals surface area contributed by atoms with E-state index in [4.69, 9.17) is 11.6 Å². The van der Waals surface area contributed by atoms with Gasteiger partial charge in [-0.3, -0.25) is 4.79 Å². The van der Waals surface area contributed by atoms with E-state index in [-0.39, 0.29) is 11.3 Å². The molecule has 104 valence electrons. The molecule has 2 nitrogen and oxygen atoms in total. The van der Waals surface area contributed by atoms with Gasteiger partial charge in [0.25, 0.3) is 5.91 Å². The molecule has 1 saturated carbocycles. The SMILES string of the molecule is Cc1cc(C)cc(C(=O)NCC2CCCC(Cl)C2)c1. The molecule has 0 aliphatic heterocycles. The van der Waals surface area contributed by atoms with Crippen molar-refractivity contribution in [3.05, 3.63) is 34.9 Å². The van der Waals surface area contributed by atoms with E-state index in [9.17, 15) is 4.79 Å². The molecule has 0 spiro atoms. The zero-order chi connectivity index (χ0) is 13.8. The molecule has 2 rings (SSSR count). The van der Waals surface area contributed by atoms with Crippen molar-refractivity contribution in [2.45, 2.75) is 44.9 Å². The van der Waals surface area contributed by atoms with Gasteiger partial charge in [0.15, 0.2) is 0 Å². The second kappa shape index (κ2) is 6.42. The number of hydrogen-bond acceptors (Lipinski definition) is 1. The Bertz CT molecular complexity index is 438. The van der Waals surface area contributed by atoms with Gasteiger partial charge >= 0.3 is 0 Å². The van der Waals surface area contributed by atoms with Crippen molar-refractivity contribution in [2.75, 3.05) is 6.54 Å². The summed E-state index contributed by atoms with van der Waals surface area (Å²) in [6, 6.07) is 5.96. The van der Waals surface area contributed by atoms with Crippen LogP contribution >= 0.6 is 11.6 Å². The number of halogens is 1. The number of carbonyl (C=O) groups is 1. The van der Waals surface area contributed by atoms with Gasteiger partial charge in [-0.15, -0.1) is 11.6 Å². The maximum absolute atomic E-state index is 12.1. The summed E-state index contributed by atoms with van der Waals surface area (Å²) in [6.45, 7) is 4.78. The van der Waals surface area contributed by atoms with Crippen LogP contribution in [-0.2, 0) is 0 Å². The van der Waals surface area contributed by atoms with Crippen LogP contribution in [0.25, 0.3) is 0 Å². The summed E-state index contributed by atoms with van der Waals surface area (Å²) in [4.78, 5) is 12.1. The molecule has 0 radical (unpaired) electrons. The molecule has 1 N–H and O–H groups in total. The first-order valence-electron chi connectivity index (χ1n) is 7.05. The Morgan fingerprint density at radius 3 is 2.58 bits per heavy atom. The van der Waals surface area contributed by atoms with E-state index < -0.39 is 0 Å². The zero-order valence-electron chi connectivity index (χ0n) is 11.7. The maximum Gasteiger partial charge on any atom is 0.251 e. The van der Waals surface area contributed by atoms with Crippen molar-refractivity contribution >= 4 is 17.5 Å². The van der Waals surface area contributed by atoms with Gasteiger partial charge in [-0.2, -0.15) is 0 Å². The van der Waals surface area contributed by atoms with Crippen molar-refractivity contribution < 1.29 is 4.79 Å². The van der Waals surface area contributed by atoms with Gasteiger partial charge in [0.05, 0.1) is 0 Å². The number of rotatable bonds is 3. The summed E-state index contributed by atoms with van der Waals surface area (Å²) < 4.78 is 0. The van der Waals surface area contributed by atoms with Crippen LogP contribution in [0.5, 0.6) is 0 Å². The van der Waals surface area contributed by atoms with E-state index in [0.717, 1.165) is 36.1 Å². The highest BCUT2D eigenvalue weighted by Gasteiger charge is 2.20. The molecule has 0 aromatic heterocycles. The minimum Gasteiger partial charge on any atom is -0.352 e. The van der Waals surface area contributed by atoms with Crippen molar-refractivity contribution in [1.82, 2.24) is 5.32 Å². The fraction of sp³-hybridized carbons (Fsp3) is 0.562. The van der Waals surface area contributed by atoms with Crippen LogP contribution in [-0.4, -0.2) is 17.8 Å². The van der Waals surface area contributed by atoms with E-state index in [1.807, 2.05) is 26.0 Å². The van der Waals surface area contributed by atoms with E-state index in [0.29, 0.717) is 5.92 Å². The van der Waals surface area contributed by atoms with Crippen LogP contribution in [0.1, 0.15) is 47.2 Å². The van der Waals surface area contributed by atoms with E-state index in [2.05, 4.69) is 11.4 Å². The second-order valence-electron chi connectivity index (χ2n) is 5.72. The van der Waals surface area contributed by atoms with E-state index in [1.54, 1.807) is 0 Å². The highest BCUT2D eigenvalue weighted by Crippen LogP contribution is 2.27. The lowest BCUT2D eigenvalue weighted by Gasteiger charge is -2.25. The fourth-order valence-electron chi connectivity index (χ4n) is 2.86. The largest absolute Gasteiger partial charge is 0.352 e. The lowest BCUT2D eigenvalue weighted by atomic mass is 9.89. The third-order valence-electron chi connectivity index (χ3n) is 3.75. The minimum atomic E-state index is 0.0310. The van der Waals surface area contributed by atoms with Crippen molar-refractivity contribution in [1.29, 1.82) is 0 Å². The molecule has 1 aromatic carbocycles. The Labute approximate surface area is 120 Å². The first kappa shape index (κ1) is 14.4. The molecule has 0 bridgehead atoms. The van der Waals surface area contributed by atoms with Gasteiger partial charge in [0, 0.05) is 17.5 Å². The summed E-state index contributed by atoms with van der Waals surface area (Å²) in [6.07, 6.45) is 4.49. The number of nitrogens with one attached hydrogen (secondary N) is 1. The van der Waals surface area contributed by atoms with Crippen LogP contribution in [0.2, 0.25) is 0 Å². The smallest absolute Gasteiger partial charge is 0.251 e. The van der Waals surface area contributed by atoms with Crippen molar-refractivity contribution in [3.8, 4) is 0 Å². The number of hydrogen-bond donors (Lipinski definition) is 1. The molecule has 1 aliphatic carbocycles. The van der Waals surface area contributed by atoms with Gasteiger partial charge in [-0.25, -0.2) is 0 Å². The van der Waals surface area contributed by atoms with Crippen molar-refractivity contribution in [2.24, 2.45) is 5.92 Å². The third kappa shape index (κ3) is 4.24. The highest BCUT2D eigenvalue weighted by atomic mass is 35.5. The molecule has 2 atom stereocenters. The molecule has 1 fully saturated rings. The quantitative estimate of drug-likeness (QED) is 0.837. The van der Waals surface area contributed by atoms with Crippen LogP contribution < -0.4 is 5.32 Å². The number of benzene rings is 1. The normalized spacial score (nSPS) is 23.1. The van der Waals surface area contributed by atoms with Gasteiger partial charge < -0.3 is 5.32 Å². The molecule has 3 heteroatoms. The first-order valence-corrected chi connectivity index (χ1v) is 7.49. The Hall–Kier alpha value is -1.02. The average molecular weight is 280 g/mol. The first-order chi connectivity index (χ1) is 9.04. The molecule has 0 saturated heterocycles. The number of aryl methyl sites for hydroxylation is 2. The highest BCUT2D eigenvalue weighted by molar-refractivity contribution is 6.20. The van der Waals surface area contributed by atoms with Gasteiger partial charge in [0.2, 0.25) is 0 Å². The monoisotopic (exact) mass is 279 g/mol. The number of carbonyl (C=O) groups excluding carboxylic acids is 1. The lowest BCUT2D eigenvalue weighted by Crippen LogP contribution is -2.32. The zero-order valence-corrected chi connectivity index (χ0v) is 12.5. The van der Waals surface area contributed by atoms with Crippen LogP contribution in [0.15, 0.2) is 18.2 Å².